The molecule has 0 spiro atoms. The third-order valence-electron chi connectivity index (χ3n) is 4.18. The first-order valence-electron chi connectivity index (χ1n) is 7.77. The summed E-state index contributed by atoms with van der Waals surface area (Å²) in [6.45, 7) is 1.81. The van der Waals surface area contributed by atoms with Crippen LogP contribution in [-0.2, 0) is 10.0 Å². The van der Waals surface area contributed by atoms with Gasteiger partial charge in [0, 0.05) is 26.2 Å². The molecule has 0 aliphatic carbocycles. The summed E-state index contributed by atoms with van der Waals surface area (Å²) in [6.07, 6.45) is 0. The largest absolute Gasteiger partial charge is 0.495 e. The maximum absolute atomic E-state index is 12.9. The fraction of sp³-hybridized carbons (Fsp3) is 0.294. The quantitative estimate of drug-likeness (QED) is 0.787. The summed E-state index contributed by atoms with van der Waals surface area (Å²) < 4.78 is 32.6. The molecule has 0 aromatic heterocycles. The third kappa shape index (κ3) is 3.58. The molecule has 3 rings (SSSR count). The molecule has 0 amide bonds. The van der Waals surface area contributed by atoms with Crippen LogP contribution in [0.5, 0.6) is 5.75 Å². The topological polar surface area (TPSA) is 49.9 Å². The first-order valence-corrected chi connectivity index (χ1v) is 9.97. The molecule has 25 heavy (non-hydrogen) atoms. The van der Waals surface area contributed by atoms with Crippen LogP contribution in [-0.4, -0.2) is 46.0 Å². The zero-order valence-electron chi connectivity index (χ0n) is 13.7. The van der Waals surface area contributed by atoms with E-state index in [9.17, 15) is 8.42 Å². The molecule has 0 bridgehead atoms. The molecule has 0 N–H and O–H groups in total. The van der Waals surface area contributed by atoms with E-state index in [-0.39, 0.29) is 14.9 Å². The second-order valence-corrected chi connectivity index (χ2v) is 8.30. The Kier molecular flexibility index (Phi) is 5.43. The van der Waals surface area contributed by atoms with E-state index in [1.54, 1.807) is 13.2 Å². The predicted octanol–water partition coefficient (Wildman–Crippen LogP) is 3.51. The van der Waals surface area contributed by atoms with Crippen molar-refractivity contribution in [3.63, 3.8) is 0 Å². The van der Waals surface area contributed by atoms with Crippen molar-refractivity contribution in [2.45, 2.75) is 4.90 Å². The molecule has 0 unspecified atom stereocenters. The van der Waals surface area contributed by atoms with E-state index in [4.69, 9.17) is 27.9 Å². The van der Waals surface area contributed by atoms with Crippen LogP contribution in [0.2, 0.25) is 10.0 Å². The van der Waals surface area contributed by atoms with Crippen LogP contribution in [0.25, 0.3) is 0 Å². The Morgan fingerprint density at radius 2 is 1.52 bits per heavy atom. The smallest absolute Gasteiger partial charge is 0.246 e. The number of hydrogen-bond acceptors (Lipinski definition) is 4. The average Bonchev–Trinajstić information content (AvgIpc) is 2.61. The summed E-state index contributed by atoms with van der Waals surface area (Å²) in [7, 11) is -2.11. The van der Waals surface area contributed by atoms with Gasteiger partial charge in [0.2, 0.25) is 10.0 Å². The van der Waals surface area contributed by atoms with Gasteiger partial charge in [-0.2, -0.15) is 4.31 Å². The minimum absolute atomic E-state index is 0.0240. The number of ether oxygens (including phenoxy) is 1. The van der Waals surface area contributed by atoms with Crippen molar-refractivity contribution >= 4 is 38.9 Å². The predicted molar refractivity (Wildman–Crippen MR) is 100 cm³/mol. The number of benzene rings is 2. The monoisotopic (exact) mass is 400 g/mol. The van der Waals surface area contributed by atoms with Gasteiger partial charge in [-0.05, 0) is 24.3 Å². The van der Waals surface area contributed by atoms with Gasteiger partial charge in [-0.1, -0.05) is 41.4 Å². The van der Waals surface area contributed by atoms with Crippen LogP contribution in [0, 0.1) is 0 Å². The number of halogens is 2. The van der Waals surface area contributed by atoms with E-state index < -0.39 is 10.0 Å². The zero-order valence-corrected chi connectivity index (χ0v) is 16.0. The number of methoxy groups -OCH3 is 1. The summed E-state index contributed by atoms with van der Waals surface area (Å²) in [6, 6.07) is 12.4. The fourth-order valence-electron chi connectivity index (χ4n) is 2.92. The molecule has 1 aliphatic rings. The third-order valence-corrected chi connectivity index (χ3v) is 7.04. The number of sulfonamides is 1. The number of anilines is 1. The number of piperazine rings is 1. The molecule has 1 saturated heterocycles. The Hall–Kier alpha value is -1.47. The van der Waals surface area contributed by atoms with Crippen LogP contribution in [0.15, 0.2) is 47.4 Å². The summed E-state index contributed by atoms with van der Waals surface area (Å²) in [5.74, 6) is 0.771. The molecule has 134 valence electrons. The lowest BCUT2D eigenvalue weighted by Gasteiger charge is -2.36. The number of para-hydroxylation sites is 2. The Balaban J connectivity index is 1.80. The molecule has 1 heterocycles. The van der Waals surface area contributed by atoms with E-state index in [1.165, 1.54) is 16.4 Å². The van der Waals surface area contributed by atoms with E-state index >= 15 is 0 Å². The van der Waals surface area contributed by atoms with Gasteiger partial charge in [0.1, 0.15) is 10.6 Å². The molecule has 0 atom stereocenters. The van der Waals surface area contributed by atoms with E-state index in [0.29, 0.717) is 26.2 Å². The van der Waals surface area contributed by atoms with Gasteiger partial charge in [0.05, 0.1) is 22.8 Å². The highest BCUT2D eigenvalue weighted by atomic mass is 35.5. The Morgan fingerprint density at radius 1 is 0.920 bits per heavy atom. The van der Waals surface area contributed by atoms with Crippen LogP contribution >= 0.6 is 23.2 Å². The van der Waals surface area contributed by atoms with E-state index in [1.807, 2.05) is 24.3 Å². The van der Waals surface area contributed by atoms with Crippen LogP contribution in [0.3, 0.4) is 0 Å². The van der Waals surface area contributed by atoms with Crippen molar-refractivity contribution in [3.8, 4) is 5.75 Å². The summed E-state index contributed by atoms with van der Waals surface area (Å²) in [5, 5.41) is 0.277. The normalized spacial score (nSPS) is 16.0. The minimum atomic E-state index is -3.73. The summed E-state index contributed by atoms with van der Waals surface area (Å²) in [4.78, 5) is 2.09. The van der Waals surface area contributed by atoms with Crippen LogP contribution in [0.1, 0.15) is 0 Å². The van der Waals surface area contributed by atoms with Gasteiger partial charge in [-0.15, -0.1) is 0 Å². The maximum Gasteiger partial charge on any atom is 0.246 e. The van der Waals surface area contributed by atoms with Gasteiger partial charge < -0.3 is 9.64 Å². The van der Waals surface area contributed by atoms with Gasteiger partial charge >= 0.3 is 0 Å². The van der Waals surface area contributed by atoms with Crippen molar-refractivity contribution < 1.29 is 13.2 Å². The average molecular weight is 401 g/mol. The van der Waals surface area contributed by atoms with Gasteiger partial charge in [0.25, 0.3) is 0 Å². The second-order valence-electron chi connectivity index (χ2n) is 5.61. The first-order chi connectivity index (χ1) is 11.9. The van der Waals surface area contributed by atoms with Crippen molar-refractivity contribution in [2.75, 3.05) is 38.2 Å². The van der Waals surface area contributed by atoms with E-state index in [0.717, 1.165) is 11.4 Å². The Morgan fingerprint density at radius 3 is 2.12 bits per heavy atom. The molecular weight excluding hydrogens is 383 g/mol. The van der Waals surface area contributed by atoms with Crippen molar-refractivity contribution in [2.24, 2.45) is 0 Å². The Bertz CT molecular complexity index is 846. The van der Waals surface area contributed by atoms with E-state index in [2.05, 4.69) is 4.90 Å². The highest BCUT2D eigenvalue weighted by Crippen LogP contribution is 2.33. The molecule has 2 aromatic carbocycles. The standard InChI is InChI=1S/C17H18Cl2N2O3S/c1-24-16-8-3-2-7-15(16)20-9-11-21(12-10-20)25(22,23)17-13(18)5-4-6-14(17)19/h2-8H,9-12H2,1H3. The van der Waals surface area contributed by atoms with Gasteiger partial charge in [0.15, 0.2) is 0 Å². The Labute approximate surface area is 157 Å². The minimum Gasteiger partial charge on any atom is -0.495 e. The number of hydrogen-bond donors (Lipinski definition) is 0. The van der Waals surface area contributed by atoms with Gasteiger partial charge in [-0.3, -0.25) is 0 Å². The number of nitrogens with zero attached hydrogens (tertiary/aromatic N) is 2. The molecule has 1 fully saturated rings. The highest BCUT2D eigenvalue weighted by Gasteiger charge is 2.32. The molecule has 1 aliphatic heterocycles. The maximum atomic E-state index is 12.9. The number of rotatable bonds is 4. The fourth-order valence-corrected chi connectivity index (χ4v) is 5.43. The lowest BCUT2D eigenvalue weighted by Crippen LogP contribution is -2.48. The van der Waals surface area contributed by atoms with Crippen molar-refractivity contribution in [3.05, 3.63) is 52.5 Å². The summed E-state index contributed by atoms with van der Waals surface area (Å²) in [5.41, 5.74) is 0.956. The summed E-state index contributed by atoms with van der Waals surface area (Å²) >= 11 is 12.2. The molecule has 8 heteroatoms. The molecular formula is C17H18Cl2N2O3S. The van der Waals surface area contributed by atoms with Crippen molar-refractivity contribution in [1.82, 2.24) is 4.31 Å². The lowest BCUT2D eigenvalue weighted by molar-refractivity contribution is 0.378. The van der Waals surface area contributed by atoms with Gasteiger partial charge in [-0.25, -0.2) is 8.42 Å². The highest BCUT2D eigenvalue weighted by molar-refractivity contribution is 7.89. The van der Waals surface area contributed by atoms with Crippen LogP contribution < -0.4 is 9.64 Å². The molecule has 2 aromatic rings. The SMILES string of the molecule is COc1ccccc1N1CCN(S(=O)(=O)c2c(Cl)cccc2Cl)CC1. The molecule has 0 radical (unpaired) electrons. The first kappa shape index (κ1) is 18.3. The molecule has 5 nitrogen and oxygen atoms in total. The lowest BCUT2D eigenvalue weighted by atomic mass is 10.2. The van der Waals surface area contributed by atoms with Crippen molar-refractivity contribution in [1.29, 1.82) is 0 Å². The second kappa shape index (κ2) is 7.41. The van der Waals surface area contributed by atoms with Crippen LogP contribution in [0.4, 0.5) is 5.69 Å². The zero-order chi connectivity index (χ0) is 18.0. The molecule has 0 saturated carbocycles.